The molecule has 0 saturated heterocycles. The van der Waals surface area contributed by atoms with Gasteiger partial charge < -0.3 is 4.90 Å². The van der Waals surface area contributed by atoms with Crippen LogP contribution in [0.4, 0.5) is 5.13 Å². The van der Waals surface area contributed by atoms with Crippen LogP contribution in [0.15, 0.2) is 72.8 Å². The van der Waals surface area contributed by atoms with Gasteiger partial charge in [-0.3, -0.25) is 9.69 Å². The molecule has 0 fully saturated rings. The average Bonchev–Trinajstić information content (AvgIpc) is 3.20. The van der Waals surface area contributed by atoms with E-state index in [9.17, 15) is 4.79 Å². The molecule has 0 aliphatic heterocycles. The van der Waals surface area contributed by atoms with Gasteiger partial charge in [0.25, 0.3) is 5.91 Å². The summed E-state index contributed by atoms with van der Waals surface area (Å²) in [6.07, 6.45) is 1.75. The molecule has 0 spiro atoms. The van der Waals surface area contributed by atoms with Crippen LogP contribution in [0.3, 0.4) is 0 Å². The molecule has 0 unspecified atom stereocenters. The molecule has 0 atom stereocenters. The summed E-state index contributed by atoms with van der Waals surface area (Å²) in [6, 6.07) is 24.6. The molecule has 1 heterocycles. The fraction of sp³-hybridized carbons (Fsp3) is 0.259. The maximum atomic E-state index is 13.5. The highest BCUT2D eigenvalue weighted by Crippen LogP contribution is 2.30. The monoisotopic (exact) mass is 443 g/mol. The minimum absolute atomic E-state index is 0.00537. The molecular weight excluding hydrogens is 414 g/mol. The molecule has 1 amide bonds. The number of carbonyl (C=O) groups excluding carboxylic acids is 1. The molecular formula is C27H29N3OS. The number of aromatic nitrogens is 1. The summed E-state index contributed by atoms with van der Waals surface area (Å²) in [5, 5.41) is 0.766. The smallest absolute Gasteiger partial charge is 0.260 e. The van der Waals surface area contributed by atoms with Crippen molar-refractivity contribution in [2.75, 3.05) is 32.1 Å². The van der Waals surface area contributed by atoms with Crippen LogP contribution in [-0.4, -0.2) is 43.0 Å². The van der Waals surface area contributed by atoms with Gasteiger partial charge in [-0.2, -0.15) is 0 Å². The average molecular weight is 444 g/mol. The molecule has 0 aliphatic rings. The molecule has 0 radical (unpaired) electrons. The zero-order valence-electron chi connectivity index (χ0n) is 18.9. The van der Waals surface area contributed by atoms with Gasteiger partial charge in [0, 0.05) is 12.1 Å². The third-order valence-electron chi connectivity index (χ3n) is 5.45. The van der Waals surface area contributed by atoms with Gasteiger partial charge in [0.05, 0.1) is 10.2 Å². The Morgan fingerprint density at radius 2 is 1.62 bits per heavy atom. The van der Waals surface area contributed by atoms with Gasteiger partial charge in [0.2, 0.25) is 0 Å². The summed E-state index contributed by atoms with van der Waals surface area (Å²) in [4.78, 5) is 22.3. The predicted octanol–water partition coefficient (Wildman–Crippen LogP) is 5.79. The fourth-order valence-corrected chi connectivity index (χ4v) is 4.80. The van der Waals surface area contributed by atoms with E-state index in [4.69, 9.17) is 4.98 Å². The van der Waals surface area contributed by atoms with E-state index in [2.05, 4.69) is 74.4 Å². The van der Waals surface area contributed by atoms with Crippen LogP contribution < -0.4 is 4.90 Å². The highest BCUT2D eigenvalue weighted by atomic mass is 32.1. The first-order valence-corrected chi connectivity index (χ1v) is 11.8. The number of anilines is 1. The van der Waals surface area contributed by atoms with Crippen LogP contribution >= 0.6 is 11.3 Å². The van der Waals surface area contributed by atoms with Gasteiger partial charge in [-0.1, -0.05) is 59.9 Å². The van der Waals surface area contributed by atoms with Crippen LogP contribution in [0, 0.1) is 6.92 Å². The first-order valence-electron chi connectivity index (χ1n) is 11.0. The van der Waals surface area contributed by atoms with Gasteiger partial charge >= 0.3 is 0 Å². The molecule has 0 N–H and O–H groups in total. The Morgan fingerprint density at radius 3 is 2.34 bits per heavy atom. The second-order valence-corrected chi connectivity index (χ2v) is 9.45. The lowest BCUT2D eigenvalue weighted by Crippen LogP contribution is -2.33. The van der Waals surface area contributed by atoms with E-state index in [1.54, 1.807) is 11.3 Å². The molecule has 4 rings (SSSR count). The Kier molecular flexibility index (Phi) is 6.98. The van der Waals surface area contributed by atoms with Crippen molar-refractivity contribution >= 4 is 32.6 Å². The third kappa shape index (κ3) is 5.42. The summed E-state index contributed by atoms with van der Waals surface area (Å²) >= 11 is 1.59. The molecule has 4 nitrogen and oxygen atoms in total. The van der Waals surface area contributed by atoms with E-state index >= 15 is 0 Å². The molecule has 5 heteroatoms. The number of aryl methyl sites for hydroxylation is 1. The SMILES string of the molecule is Cc1ccc2nc(N(CCCN(C)C)C(=O)c3ccc(Cc4ccccc4)cc3)sc2c1. The van der Waals surface area contributed by atoms with Crippen LogP contribution in [-0.2, 0) is 6.42 Å². The Hall–Kier alpha value is -3.02. The van der Waals surface area contributed by atoms with Crippen molar-refractivity contribution in [1.29, 1.82) is 0 Å². The minimum atomic E-state index is 0.00537. The van der Waals surface area contributed by atoms with E-state index in [0.29, 0.717) is 12.1 Å². The number of thiazole rings is 1. The van der Waals surface area contributed by atoms with Crippen LogP contribution in [0.1, 0.15) is 33.5 Å². The Balaban J connectivity index is 1.57. The van der Waals surface area contributed by atoms with Gasteiger partial charge in [-0.05, 0) is 81.4 Å². The molecule has 0 bridgehead atoms. The summed E-state index contributed by atoms with van der Waals surface area (Å²) in [5.41, 5.74) is 5.30. The number of nitrogens with zero attached hydrogens (tertiary/aromatic N) is 3. The Bertz CT molecular complexity index is 1180. The number of rotatable bonds is 8. The standard InChI is InChI=1S/C27H29N3OS/c1-20-10-15-24-25(18-20)32-27(28-24)30(17-7-16-29(2)3)26(31)23-13-11-22(12-14-23)19-21-8-5-4-6-9-21/h4-6,8-15,18H,7,16-17,19H2,1-3H3. The summed E-state index contributed by atoms with van der Waals surface area (Å²) in [5.74, 6) is 0.00537. The second-order valence-electron chi connectivity index (χ2n) is 8.44. The zero-order valence-corrected chi connectivity index (χ0v) is 19.7. The quantitative estimate of drug-likeness (QED) is 0.346. The van der Waals surface area contributed by atoms with Crippen LogP contribution in [0.25, 0.3) is 10.2 Å². The zero-order chi connectivity index (χ0) is 22.5. The van der Waals surface area contributed by atoms with Crippen molar-refractivity contribution in [1.82, 2.24) is 9.88 Å². The van der Waals surface area contributed by atoms with Crippen LogP contribution in [0.2, 0.25) is 0 Å². The van der Waals surface area contributed by atoms with Crippen LogP contribution in [0.5, 0.6) is 0 Å². The maximum Gasteiger partial charge on any atom is 0.260 e. The summed E-state index contributed by atoms with van der Waals surface area (Å²) < 4.78 is 1.11. The van der Waals surface area contributed by atoms with E-state index in [0.717, 1.165) is 34.7 Å². The lowest BCUT2D eigenvalue weighted by atomic mass is 10.0. The maximum absolute atomic E-state index is 13.5. The van der Waals surface area contributed by atoms with E-state index < -0.39 is 0 Å². The topological polar surface area (TPSA) is 36.4 Å². The third-order valence-corrected chi connectivity index (χ3v) is 6.49. The molecule has 4 aromatic rings. The molecule has 1 aromatic heterocycles. The summed E-state index contributed by atoms with van der Waals surface area (Å²) in [6.45, 7) is 3.64. The van der Waals surface area contributed by atoms with E-state index in [1.807, 2.05) is 29.2 Å². The number of amides is 1. The molecule has 0 saturated carbocycles. The number of benzene rings is 3. The Morgan fingerprint density at radius 1 is 0.906 bits per heavy atom. The van der Waals surface area contributed by atoms with Crippen molar-refractivity contribution < 1.29 is 4.79 Å². The Labute approximate surface area is 194 Å². The first kappa shape index (κ1) is 22.2. The molecule has 164 valence electrons. The summed E-state index contributed by atoms with van der Waals surface area (Å²) in [7, 11) is 4.11. The normalized spacial score (nSPS) is 11.2. The van der Waals surface area contributed by atoms with Gasteiger partial charge in [-0.25, -0.2) is 4.98 Å². The second kappa shape index (κ2) is 10.1. The van der Waals surface area contributed by atoms with Gasteiger partial charge in [0.15, 0.2) is 5.13 Å². The highest BCUT2D eigenvalue weighted by Gasteiger charge is 2.21. The number of fused-ring (bicyclic) bond motifs is 1. The lowest BCUT2D eigenvalue weighted by molar-refractivity contribution is 0.0986. The lowest BCUT2D eigenvalue weighted by Gasteiger charge is -2.21. The highest BCUT2D eigenvalue weighted by molar-refractivity contribution is 7.22. The van der Waals surface area contributed by atoms with Crippen molar-refractivity contribution in [3.63, 3.8) is 0 Å². The predicted molar refractivity (Wildman–Crippen MR) is 135 cm³/mol. The largest absolute Gasteiger partial charge is 0.309 e. The van der Waals surface area contributed by atoms with Crippen molar-refractivity contribution in [2.45, 2.75) is 19.8 Å². The number of carbonyl (C=O) groups is 1. The van der Waals surface area contributed by atoms with Gasteiger partial charge in [0.1, 0.15) is 0 Å². The number of hydrogen-bond acceptors (Lipinski definition) is 4. The molecule has 3 aromatic carbocycles. The molecule has 0 aliphatic carbocycles. The van der Waals surface area contributed by atoms with Crippen molar-refractivity contribution in [3.8, 4) is 0 Å². The fourth-order valence-electron chi connectivity index (χ4n) is 3.72. The first-order chi connectivity index (χ1) is 15.5. The van der Waals surface area contributed by atoms with Crippen molar-refractivity contribution in [3.05, 3.63) is 95.1 Å². The number of hydrogen-bond donors (Lipinski definition) is 0. The minimum Gasteiger partial charge on any atom is -0.309 e. The van der Waals surface area contributed by atoms with E-state index in [-0.39, 0.29) is 5.91 Å². The van der Waals surface area contributed by atoms with Gasteiger partial charge in [-0.15, -0.1) is 0 Å². The molecule has 32 heavy (non-hydrogen) atoms. The van der Waals surface area contributed by atoms with E-state index in [1.165, 1.54) is 16.7 Å². The van der Waals surface area contributed by atoms with Crippen molar-refractivity contribution in [2.24, 2.45) is 0 Å².